The van der Waals surface area contributed by atoms with Crippen molar-refractivity contribution >= 4 is 5.91 Å². The molecule has 2 aliphatic rings. The predicted molar refractivity (Wildman–Crippen MR) is 58.3 cm³/mol. The molecule has 0 atom stereocenters. The predicted octanol–water partition coefficient (Wildman–Crippen LogP) is 1.46. The molecule has 2 saturated carbocycles. The molecule has 0 aromatic carbocycles. The van der Waals surface area contributed by atoms with Gasteiger partial charge in [-0.3, -0.25) is 4.79 Å². The van der Waals surface area contributed by atoms with Crippen molar-refractivity contribution in [3.8, 4) is 0 Å². The average Bonchev–Trinajstić information content (AvgIpc) is 2.66. The van der Waals surface area contributed by atoms with Crippen LogP contribution in [0.15, 0.2) is 0 Å². The number of hydrogen-bond donors (Lipinski definition) is 2. The molecule has 2 aliphatic carbocycles. The summed E-state index contributed by atoms with van der Waals surface area (Å²) in [6.45, 7) is 0.837. The van der Waals surface area contributed by atoms with E-state index in [1.54, 1.807) is 0 Å². The fourth-order valence-electron chi connectivity index (χ4n) is 2.70. The maximum Gasteiger partial charge on any atom is 0.228 e. The van der Waals surface area contributed by atoms with Crippen LogP contribution >= 0.6 is 0 Å². The van der Waals surface area contributed by atoms with Gasteiger partial charge in [-0.2, -0.15) is 0 Å². The standard InChI is InChI=1S/C12H21NO2/c14-9-12(6-3-7-12)11(15)13-8-10-4-1-2-5-10/h10,14H,1-9H2,(H,13,15). The highest BCUT2D eigenvalue weighted by molar-refractivity contribution is 5.83. The smallest absolute Gasteiger partial charge is 0.228 e. The summed E-state index contributed by atoms with van der Waals surface area (Å²) in [5.74, 6) is 0.771. The van der Waals surface area contributed by atoms with Gasteiger partial charge in [0.15, 0.2) is 0 Å². The van der Waals surface area contributed by atoms with Crippen LogP contribution in [-0.4, -0.2) is 24.2 Å². The van der Waals surface area contributed by atoms with E-state index in [1.807, 2.05) is 0 Å². The summed E-state index contributed by atoms with van der Waals surface area (Å²) in [5.41, 5.74) is -0.418. The largest absolute Gasteiger partial charge is 0.395 e. The molecule has 0 bridgehead atoms. The summed E-state index contributed by atoms with van der Waals surface area (Å²) in [5, 5.41) is 12.3. The van der Waals surface area contributed by atoms with E-state index in [2.05, 4.69) is 5.32 Å². The van der Waals surface area contributed by atoms with Gasteiger partial charge in [0.1, 0.15) is 0 Å². The van der Waals surface area contributed by atoms with Crippen molar-refractivity contribution in [2.75, 3.05) is 13.2 Å². The number of hydrogen-bond acceptors (Lipinski definition) is 2. The maximum atomic E-state index is 11.9. The van der Waals surface area contributed by atoms with E-state index in [9.17, 15) is 9.90 Å². The van der Waals surface area contributed by atoms with Crippen molar-refractivity contribution in [2.45, 2.75) is 44.9 Å². The molecule has 2 N–H and O–H groups in total. The Labute approximate surface area is 91.2 Å². The van der Waals surface area contributed by atoms with Crippen LogP contribution in [0.2, 0.25) is 0 Å². The molecule has 3 nitrogen and oxygen atoms in total. The number of carbonyl (C=O) groups excluding carboxylic acids is 1. The number of nitrogens with one attached hydrogen (secondary N) is 1. The van der Waals surface area contributed by atoms with Crippen LogP contribution < -0.4 is 5.32 Å². The minimum absolute atomic E-state index is 0.0174. The second kappa shape index (κ2) is 4.52. The van der Waals surface area contributed by atoms with Crippen LogP contribution in [0.5, 0.6) is 0 Å². The molecule has 3 heteroatoms. The van der Waals surface area contributed by atoms with Gasteiger partial charge in [-0.25, -0.2) is 0 Å². The van der Waals surface area contributed by atoms with Gasteiger partial charge in [-0.05, 0) is 31.6 Å². The van der Waals surface area contributed by atoms with Gasteiger partial charge < -0.3 is 10.4 Å². The van der Waals surface area contributed by atoms with Gasteiger partial charge in [-0.15, -0.1) is 0 Å². The second-order valence-corrected chi connectivity index (χ2v) is 5.15. The lowest BCUT2D eigenvalue weighted by Gasteiger charge is -2.38. The summed E-state index contributed by atoms with van der Waals surface area (Å²) < 4.78 is 0. The van der Waals surface area contributed by atoms with E-state index in [-0.39, 0.29) is 12.5 Å². The van der Waals surface area contributed by atoms with E-state index in [0.29, 0.717) is 5.92 Å². The van der Waals surface area contributed by atoms with Crippen LogP contribution in [0, 0.1) is 11.3 Å². The Morgan fingerprint density at radius 1 is 1.27 bits per heavy atom. The maximum absolute atomic E-state index is 11.9. The summed E-state index contributed by atoms with van der Waals surface area (Å²) >= 11 is 0. The van der Waals surface area contributed by atoms with Gasteiger partial charge in [0.2, 0.25) is 5.91 Å². The number of rotatable bonds is 4. The fourth-order valence-corrected chi connectivity index (χ4v) is 2.70. The number of amides is 1. The molecule has 2 rings (SSSR count). The van der Waals surface area contributed by atoms with Crippen molar-refractivity contribution < 1.29 is 9.90 Å². The Hall–Kier alpha value is -0.570. The zero-order valence-electron chi connectivity index (χ0n) is 9.30. The van der Waals surface area contributed by atoms with Crippen LogP contribution in [0.25, 0.3) is 0 Å². The normalized spacial score (nSPS) is 24.9. The topological polar surface area (TPSA) is 49.3 Å². The molecule has 0 aliphatic heterocycles. The Morgan fingerprint density at radius 3 is 2.40 bits per heavy atom. The van der Waals surface area contributed by atoms with Crippen molar-refractivity contribution in [3.05, 3.63) is 0 Å². The van der Waals surface area contributed by atoms with Crippen LogP contribution in [0.1, 0.15) is 44.9 Å². The Balaban J connectivity index is 1.76. The zero-order valence-corrected chi connectivity index (χ0v) is 9.30. The Morgan fingerprint density at radius 2 is 1.93 bits per heavy atom. The van der Waals surface area contributed by atoms with Gasteiger partial charge >= 0.3 is 0 Å². The molecular weight excluding hydrogens is 190 g/mol. The Kier molecular flexibility index (Phi) is 3.29. The first-order chi connectivity index (χ1) is 7.27. The molecule has 0 radical (unpaired) electrons. The number of carbonyl (C=O) groups is 1. The molecule has 0 spiro atoms. The summed E-state index contributed by atoms with van der Waals surface area (Å²) in [7, 11) is 0. The monoisotopic (exact) mass is 211 g/mol. The average molecular weight is 211 g/mol. The van der Waals surface area contributed by atoms with E-state index >= 15 is 0 Å². The SMILES string of the molecule is O=C(NCC1CCCC1)C1(CO)CCC1. The van der Waals surface area contributed by atoms with Gasteiger partial charge in [-0.1, -0.05) is 19.3 Å². The number of aliphatic hydroxyl groups excluding tert-OH is 1. The van der Waals surface area contributed by atoms with Crippen LogP contribution in [0.4, 0.5) is 0 Å². The van der Waals surface area contributed by atoms with Gasteiger partial charge in [0.05, 0.1) is 12.0 Å². The van der Waals surface area contributed by atoms with E-state index < -0.39 is 5.41 Å². The highest BCUT2D eigenvalue weighted by Crippen LogP contribution is 2.40. The molecule has 0 unspecified atom stereocenters. The van der Waals surface area contributed by atoms with Crippen molar-refractivity contribution in [1.82, 2.24) is 5.32 Å². The minimum Gasteiger partial charge on any atom is -0.395 e. The zero-order chi connectivity index (χ0) is 10.7. The molecule has 0 aromatic heterocycles. The molecule has 0 aromatic rings. The minimum atomic E-state index is -0.418. The van der Waals surface area contributed by atoms with Gasteiger partial charge in [0, 0.05) is 6.54 Å². The third-order valence-corrected chi connectivity index (χ3v) is 4.12. The van der Waals surface area contributed by atoms with E-state index in [1.165, 1.54) is 25.7 Å². The van der Waals surface area contributed by atoms with Crippen molar-refractivity contribution in [1.29, 1.82) is 0 Å². The summed E-state index contributed by atoms with van der Waals surface area (Å²) in [6, 6.07) is 0. The fraction of sp³-hybridized carbons (Fsp3) is 0.917. The molecule has 15 heavy (non-hydrogen) atoms. The Bertz CT molecular complexity index is 224. The number of aliphatic hydroxyl groups is 1. The van der Waals surface area contributed by atoms with Gasteiger partial charge in [0.25, 0.3) is 0 Å². The first-order valence-corrected chi connectivity index (χ1v) is 6.16. The first kappa shape index (κ1) is 10.9. The quantitative estimate of drug-likeness (QED) is 0.739. The lowest BCUT2D eigenvalue weighted by molar-refractivity contribution is -0.139. The third-order valence-electron chi connectivity index (χ3n) is 4.12. The lowest BCUT2D eigenvalue weighted by atomic mass is 9.68. The second-order valence-electron chi connectivity index (χ2n) is 5.15. The molecule has 0 saturated heterocycles. The van der Waals surface area contributed by atoms with Crippen molar-refractivity contribution in [2.24, 2.45) is 11.3 Å². The molecule has 0 heterocycles. The molecular formula is C12H21NO2. The molecule has 86 valence electrons. The first-order valence-electron chi connectivity index (χ1n) is 6.16. The van der Waals surface area contributed by atoms with E-state index in [4.69, 9.17) is 0 Å². The highest BCUT2D eigenvalue weighted by atomic mass is 16.3. The van der Waals surface area contributed by atoms with Crippen molar-refractivity contribution in [3.63, 3.8) is 0 Å². The lowest BCUT2D eigenvalue weighted by Crippen LogP contribution is -2.49. The highest BCUT2D eigenvalue weighted by Gasteiger charge is 2.43. The third kappa shape index (κ3) is 2.17. The molecule has 2 fully saturated rings. The summed E-state index contributed by atoms with van der Waals surface area (Å²) in [6.07, 6.45) is 7.94. The van der Waals surface area contributed by atoms with E-state index in [0.717, 1.165) is 25.8 Å². The van der Waals surface area contributed by atoms with Crippen LogP contribution in [-0.2, 0) is 4.79 Å². The molecule has 1 amide bonds. The van der Waals surface area contributed by atoms with Crippen LogP contribution in [0.3, 0.4) is 0 Å². The summed E-state index contributed by atoms with van der Waals surface area (Å²) in [4.78, 5) is 11.9.